The summed E-state index contributed by atoms with van der Waals surface area (Å²) < 4.78 is 28.1. The highest BCUT2D eigenvalue weighted by molar-refractivity contribution is 5.85. The number of nitrogens with zero attached hydrogens (tertiary/aromatic N) is 2. The average molecular weight is 217 g/mol. The van der Waals surface area contributed by atoms with Crippen LogP contribution < -0.4 is 5.32 Å². The highest BCUT2D eigenvalue weighted by atomic mass is 19.3. The van der Waals surface area contributed by atoms with Crippen LogP contribution in [-0.4, -0.2) is 36.0 Å². The summed E-state index contributed by atoms with van der Waals surface area (Å²) in [5, 5.41) is 2.35. The highest BCUT2D eigenvalue weighted by Gasteiger charge is 2.10. The number of ether oxygens (including phenoxy) is 1. The Hall–Kier alpha value is -1.79. The first-order valence-electron chi connectivity index (χ1n) is 4.07. The Bertz CT molecular complexity index is 346. The van der Waals surface area contributed by atoms with E-state index in [0.717, 1.165) is 0 Å². The third-order valence-corrected chi connectivity index (χ3v) is 1.46. The minimum Gasteiger partial charge on any atom is -0.463 e. The minimum absolute atomic E-state index is 0.158. The van der Waals surface area contributed by atoms with Crippen LogP contribution in [0.2, 0.25) is 0 Å². The standard InChI is InChI=1S/C8H9F2N3O2/c1-15-8(14)7-11-3-2-6(13-7)12-4-5(9)10/h2-3,5H,4H2,1H3,(H,11,12,13). The monoisotopic (exact) mass is 217 g/mol. The third kappa shape index (κ3) is 3.45. The number of esters is 1. The van der Waals surface area contributed by atoms with Gasteiger partial charge in [0.2, 0.25) is 5.82 Å². The molecule has 0 spiro atoms. The number of carbonyl (C=O) groups excluding carboxylic acids is 1. The van der Waals surface area contributed by atoms with Crippen molar-refractivity contribution < 1.29 is 18.3 Å². The molecule has 1 heterocycles. The van der Waals surface area contributed by atoms with E-state index in [1.807, 2.05) is 0 Å². The van der Waals surface area contributed by atoms with Crippen LogP contribution in [0.1, 0.15) is 10.6 Å². The Morgan fingerprint density at radius 3 is 3.00 bits per heavy atom. The number of aromatic nitrogens is 2. The molecule has 0 aliphatic heterocycles. The van der Waals surface area contributed by atoms with Gasteiger partial charge in [0.05, 0.1) is 13.7 Å². The second-order valence-electron chi connectivity index (χ2n) is 2.53. The molecule has 0 radical (unpaired) electrons. The quantitative estimate of drug-likeness (QED) is 0.760. The molecule has 0 fully saturated rings. The predicted octanol–water partition coefficient (Wildman–Crippen LogP) is 0.940. The van der Waals surface area contributed by atoms with Crippen molar-refractivity contribution in [3.8, 4) is 0 Å². The van der Waals surface area contributed by atoms with E-state index < -0.39 is 18.9 Å². The zero-order chi connectivity index (χ0) is 11.3. The van der Waals surface area contributed by atoms with Gasteiger partial charge in [0.15, 0.2) is 0 Å². The maximum Gasteiger partial charge on any atom is 0.376 e. The molecule has 0 aliphatic rings. The molecule has 0 aliphatic carbocycles. The van der Waals surface area contributed by atoms with Gasteiger partial charge in [-0.15, -0.1) is 0 Å². The zero-order valence-corrected chi connectivity index (χ0v) is 7.91. The summed E-state index contributed by atoms with van der Waals surface area (Å²) in [6.07, 6.45) is -1.20. The summed E-state index contributed by atoms with van der Waals surface area (Å²) in [5.41, 5.74) is 0. The van der Waals surface area contributed by atoms with Gasteiger partial charge in [0.1, 0.15) is 5.82 Å². The second kappa shape index (κ2) is 5.18. The smallest absolute Gasteiger partial charge is 0.376 e. The van der Waals surface area contributed by atoms with E-state index in [4.69, 9.17) is 0 Å². The second-order valence-corrected chi connectivity index (χ2v) is 2.53. The molecule has 7 heteroatoms. The Labute approximate surface area is 84.5 Å². The van der Waals surface area contributed by atoms with Gasteiger partial charge < -0.3 is 10.1 Å². The number of alkyl halides is 2. The largest absolute Gasteiger partial charge is 0.463 e. The van der Waals surface area contributed by atoms with Gasteiger partial charge in [-0.3, -0.25) is 0 Å². The number of methoxy groups -OCH3 is 1. The van der Waals surface area contributed by atoms with Crippen LogP contribution in [0.5, 0.6) is 0 Å². The minimum atomic E-state index is -2.48. The summed E-state index contributed by atoms with van der Waals surface area (Å²) in [4.78, 5) is 18.3. The lowest BCUT2D eigenvalue weighted by Gasteiger charge is -2.04. The molecule has 0 amide bonds. The first-order valence-corrected chi connectivity index (χ1v) is 4.07. The summed E-state index contributed by atoms with van der Waals surface area (Å²) >= 11 is 0. The van der Waals surface area contributed by atoms with Crippen molar-refractivity contribution in [1.29, 1.82) is 0 Å². The van der Waals surface area contributed by atoms with Crippen LogP contribution in [0, 0.1) is 0 Å². The Morgan fingerprint density at radius 2 is 2.40 bits per heavy atom. The Morgan fingerprint density at radius 1 is 1.67 bits per heavy atom. The molecule has 1 aromatic heterocycles. The summed E-state index contributed by atoms with van der Waals surface area (Å²) in [7, 11) is 1.19. The fourth-order valence-corrected chi connectivity index (χ4v) is 0.829. The lowest BCUT2D eigenvalue weighted by Crippen LogP contribution is -2.14. The summed E-state index contributed by atoms with van der Waals surface area (Å²) in [5.74, 6) is -0.724. The third-order valence-electron chi connectivity index (χ3n) is 1.46. The van der Waals surface area contributed by atoms with Gasteiger partial charge in [0, 0.05) is 6.20 Å². The van der Waals surface area contributed by atoms with Crippen molar-refractivity contribution in [3.05, 3.63) is 18.1 Å². The lowest BCUT2D eigenvalue weighted by atomic mass is 10.5. The van der Waals surface area contributed by atoms with Crippen molar-refractivity contribution in [2.24, 2.45) is 0 Å². The van der Waals surface area contributed by atoms with Crippen LogP contribution >= 0.6 is 0 Å². The maximum absolute atomic E-state index is 11.8. The zero-order valence-electron chi connectivity index (χ0n) is 7.91. The van der Waals surface area contributed by atoms with Gasteiger partial charge in [-0.05, 0) is 6.07 Å². The van der Waals surface area contributed by atoms with Gasteiger partial charge in [0.25, 0.3) is 6.43 Å². The first kappa shape index (κ1) is 11.3. The van der Waals surface area contributed by atoms with E-state index in [-0.39, 0.29) is 11.6 Å². The fraction of sp³-hybridized carbons (Fsp3) is 0.375. The van der Waals surface area contributed by atoms with E-state index in [9.17, 15) is 13.6 Å². The topological polar surface area (TPSA) is 64.1 Å². The molecular formula is C8H9F2N3O2. The van der Waals surface area contributed by atoms with Crippen molar-refractivity contribution in [2.45, 2.75) is 6.43 Å². The Kier molecular flexibility index (Phi) is 3.90. The number of hydrogen-bond donors (Lipinski definition) is 1. The molecule has 1 aromatic rings. The molecule has 0 aromatic carbocycles. The van der Waals surface area contributed by atoms with Crippen LogP contribution in [-0.2, 0) is 4.74 Å². The SMILES string of the molecule is COC(=O)c1nccc(NCC(F)F)n1. The van der Waals surface area contributed by atoms with Crippen molar-refractivity contribution in [3.63, 3.8) is 0 Å². The molecule has 82 valence electrons. The van der Waals surface area contributed by atoms with Gasteiger partial charge in [-0.1, -0.05) is 0 Å². The van der Waals surface area contributed by atoms with E-state index >= 15 is 0 Å². The predicted molar refractivity (Wildman–Crippen MR) is 47.9 cm³/mol. The number of anilines is 1. The number of hydrogen-bond acceptors (Lipinski definition) is 5. The van der Waals surface area contributed by atoms with Crippen LogP contribution in [0.4, 0.5) is 14.6 Å². The van der Waals surface area contributed by atoms with Crippen LogP contribution in [0.25, 0.3) is 0 Å². The molecule has 5 nitrogen and oxygen atoms in total. The first-order chi connectivity index (χ1) is 7.13. The normalized spacial score (nSPS) is 10.1. The molecule has 0 saturated carbocycles. The van der Waals surface area contributed by atoms with Gasteiger partial charge in [-0.2, -0.15) is 0 Å². The van der Waals surface area contributed by atoms with Gasteiger partial charge in [-0.25, -0.2) is 23.5 Å². The van der Waals surface area contributed by atoms with Crippen LogP contribution in [0.15, 0.2) is 12.3 Å². The molecule has 0 unspecified atom stereocenters. The Balaban J connectivity index is 2.70. The molecule has 1 N–H and O–H groups in total. The van der Waals surface area contributed by atoms with Gasteiger partial charge >= 0.3 is 5.97 Å². The summed E-state index contributed by atoms with van der Waals surface area (Å²) in [6.45, 7) is -0.530. The van der Waals surface area contributed by atoms with Crippen LogP contribution in [0.3, 0.4) is 0 Å². The molecule has 0 bridgehead atoms. The van der Waals surface area contributed by atoms with Crippen molar-refractivity contribution in [2.75, 3.05) is 19.0 Å². The highest BCUT2D eigenvalue weighted by Crippen LogP contribution is 2.04. The number of nitrogens with one attached hydrogen (secondary N) is 1. The molecular weight excluding hydrogens is 208 g/mol. The maximum atomic E-state index is 11.8. The van der Waals surface area contributed by atoms with Crippen molar-refractivity contribution in [1.82, 2.24) is 9.97 Å². The molecule has 15 heavy (non-hydrogen) atoms. The summed E-state index contributed by atoms with van der Waals surface area (Å²) in [6, 6.07) is 1.38. The van der Waals surface area contributed by atoms with E-state index in [2.05, 4.69) is 20.0 Å². The van der Waals surface area contributed by atoms with E-state index in [0.29, 0.717) is 0 Å². The number of rotatable bonds is 4. The van der Waals surface area contributed by atoms with Crippen molar-refractivity contribution >= 4 is 11.8 Å². The number of halogens is 2. The molecule has 0 atom stereocenters. The number of carbonyl (C=O) groups is 1. The van der Waals surface area contributed by atoms with E-state index in [1.165, 1.54) is 19.4 Å². The average Bonchev–Trinajstić information content (AvgIpc) is 2.25. The lowest BCUT2D eigenvalue weighted by molar-refractivity contribution is 0.0587. The molecule has 0 saturated heterocycles. The van der Waals surface area contributed by atoms with E-state index in [1.54, 1.807) is 0 Å². The fourth-order valence-electron chi connectivity index (χ4n) is 0.829. The molecule has 1 rings (SSSR count).